The van der Waals surface area contributed by atoms with Crippen LogP contribution in [0.25, 0.3) is 6.08 Å². The highest BCUT2D eigenvalue weighted by Gasteiger charge is 2.10. The molecule has 0 saturated carbocycles. The number of anilines is 1. The molecule has 0 fully saturated rings. The van der Waals surface area contributed by atoms with Crippen LogP contribution in [-0.2, 0) is 4.79 Å². The van der Waals surface area contributed by atoms with Crippen LogP contribution < -0.4 is 10.1 Å². The number of ether oxygens (including phenoxy) is 1. The Morgan fingerprint density at radius 3 is 2.79 bits per heavy atom. The molecule has 0 atom stereocenters. The van der Waals surface area contributed by atoms with E-state index in [9.17, 15) is 10.1 Å². The monoisotopic (exact) mass is 338 g/mol. The molecule has 0 aliphatic rings. The van der Waals surface area contributed by atoms with E-state index in [1.54, 1.807) is 54.6 Å². The average Bonchev–Trinajstić information content (AvgIpc) is 2.58. The Labute approximate surface area is 145 Å². The summed E-state index contributed by atoms with van der Waals surface area (Å²) in [4.78, 5) is 12.2. The maximum absolute atomic E-state index is 12.2. The van der Waals surface area contributed by atoms with Crippen molar-refractivity contribution in [2.75, 3.05) is 11.9 Å². The second kappa shape index (κ2) is 8.56. The van der Waals surface area contributed by atoms with Crippen molar-refractivity contribution in [1.29, 1.82) is 5.26 Å². The van der Waals surface area contributed by atoms with Gasteiger partial charge in [-0.3, -0.25) is 4.79 Å². The highest BCUT2D eigenvalue weighted by Crippen LogP contribution is 2.18. The van der Waals surface area contributed by atoms with Gasteiger partial charge in [-0.25, -0.2) is 0 Å². The van der Waals surface area contributed by atoms with Gasteiger partial charge in [0.1, 0.15) is 24.0 Å². The number of nitrogens with one attached hydrogen (secondary N) is 1. The molecule has 0 aromatic heterocycles. The zero-order valence-corrected chi connectivity index (χ0v) is 13.6. The fraction of sp³-hybridized carbons (Fsp3) is 0.0526. The Bertz CT molecular complexity index is 822. The Kier molecular flexibility index (Phi) is 6.18. The number of benzene rings is 2. The van der Waals surface area contributed by atoms with Crippen LogP contribution in [0.2, 0.25) is 5.02 Å². The van der Waals surface area contributed by atoms with E-state index in [0.717, 1.165) is 0 Å². The van der Waals surface area contributed by atoms with Gasteiger partial charge in [-0.05, 0) is 42.0 Å². The summed E-state index contributed by atoms with van der Waals surface area (Å²) in [5.41, 5.74) is 1.20. The third-order valence-electron chi connectivity index (χ3n) is 2.98. The molecule has 5 heteroatoms. The Morgan fingerprint density at radius 2 is 2.08 bits per heavy atom. The summed E-state index contributed by atoms with van der Waals surface area (Å²) in [5.74, 6) is 0.133. The third kappa shape index (κ3) is 5.01. The van der Waals surface area contributed by atoms with E-state index in [4.69, 9.17) is 16.3 Å². The summed E-state index contributed by atoms with van der Waals surface area (Å²) in [6.45, 7) is 3.97. The maximum Gasteiger partial charge on any atom is 0.266 e. The summed E-state index contributed by atoms with van der Waals surface area (Å²) >= 11 is 5.88. The van der Waals surface area contributed by atoms with E-state index < -0.39 is 5.91 Å². The quantitative estimate of drug-likeness (QED) is 0.481. The summed E-state index contributed by atoms with van der Waals surface area (Å²) in [5, 5.41) is 12.4. The largest absolute Gasteiger partial charge is 0.490 e. The molecule has 1 N–H and O–H groups in total. The van der Waals surface area contributed by atoms with Crippen molar-refractivity contribution in [3.63, 3.8) is 0 Å². The molecule has 2 aromatic rings. The SMILES string of the molecule is C=CCOc1cccc(/C=C(/C#N)C(=O)Nc2cccc(Cl)c2)c1. The molecule has 1 amide bonds. The topological polar surface area (TPSA) is 62.1 Å². The average molecular weight is 339 g/mol. The molecule has 0 spiro atoms. The Hall–Kier alpha value is -3.03. The molecular formula is C19H15ClN2O2. The first-order valence-corrected chi connectivity index (χ1v) is 7.52. The molecule has 0 heterocycles. The van der Waals surface area contributed by atoms with Crippen molar-refractivity contribution in [3.05, 3.63) is 77.3 Å². The number of carbonyl (C=O) groups is 1. The van der Waals surface area contributed by atoms with E-state index in [0.29, 0.717) is 28.6 Å². The Morgan fingerprint density at radius 1 is 1.29 bits per heavy atom. The number of nitriles is 1. The number of hydrogen-bond acceptors (Lipinski definition) is 3. The lowest BCUT2D eigenvalue weighted by Crippen LogP contribution is -2.13. The number of carbonyl (C=O) groups excluding carboxylic acids is 1. The predicted molar refractivity (Wildman–Crippen MR) is 95.8 cm³/mol. The van der Waals surface area contributed by atoms with Crippen molar-refractivity contribution in [3.8, 4) is 11.8 Å². The molecule has 0 radical (unpaired) electrons. The minimum absolute atomic E-state index is 0.0177. The molecule has 0 bridgehead atoms. The lowest BCUT2D eigenvalue weighted by molar-refractivity contribution is -0.112. The van der Waals surface area contributed by atoms with Crippen molar-refractivity contribution in [2.24, 2.45) is 0 Å². The van der Waals surface area contributed by atoms with Crippen LogP contribution in [0.3, 0.4) is 0 Å². The van der Waals surface area contributed by atoms with E-state index in [2.05, 4.69) is 11.9 Å². The molecular weight excluding hydrogens is 324 g/mol. The predicted octanol–water partition coefficient (Wildman–Crippen LogP) is 4.45. The van der Waals surface area contributed by atoms with Crippen LogP contribution in [0.1, 0.15) is 5.56 Å². The van der Waals surface area contributed by atoms with Gasteiger partial charge >= 0.3 is 0 Å². The zero-order valence-electron chi connectivity index (χ0n) is 12.8. The number of amides is 1. The third-order valence-corrected chi connectivity index (χ3v) is 3.22. The van der Waals surface area contributed by atoms with Gasteiger partial charge in [0, 0.05) is 10.7 Å². The number of halogens is 1. The van der Waals surface area contributed by atoms with Crippen molar-refractivity contribution >= 4 is 29.3 Å². The second-order valence-electron chi connectivity index (χ2n) is 4.81. The van der Waals surface area contributed by atoms with Crippen molar-refractivity contribution < 1.29 is 9.53 Å². The molecule has 0 aliphatic carbocycles. The summed E-state index contributed by atoms with van der Waals surface area (Å²) in [6.07, 6.45) is 3.14. The van der Waals surface area contributed by atoms with Crippen LogP contribution in [0, 0.1) is 11.3 Å². The molecule has 0 aliphatic heterocycles. The number of hydrogen-bond donors (Lipinski definition) is 1. The summed E-state index contributed by atoms with van der Waals surface area (Å²) in [7, 11) is 0. The summed E-state index contributed by atoms with van der Waals surface area (Å²) in [6, 6.07) is 15.7. The molecule has 4 nitrogen and oxygen atoms in total. The molecule has 0 saturated heterocycles. The fourth-order valence-electron chi connectivity index (χ4n) is 1.93. The highest BCUT2D eigenvalue weighted by atomic mass is 35.5. The number of rotatable bonds is 6. The van der Waals surface area contributed by atoms with E-state index in [1.165, 1.54) is 6.08 Å². The maximum atomic E-state index is 12.2. The van der Waals surface area contributed by atoms with Gasteiger partial charge in [0.15, 0.2) is 0 Å². The van der Waals surface area contributed by atoms with Gasteiger partial charge in [-0.1, -0.05) is 42.5 Å². The van der Waals surface area contributed by atoms with E-state index >= 15 is 0 Å². The van der Waals surface area contributed by atoms with E-state index in [1.807, 2.05) is 6.07 Å². The summed E-state index contributed by atoms with van der Waals surface area (Å²) < 4.78 is 5.43. The van der Waals surface area contributed by atoms with Gasteiger partial charge in [-0.2, -0.15) is 5.26 Å². The van der Waals surface area contributed by atoms with Crippen LogP contribution in [0.4, 0.5) is 5.69 Å². The van der Waals surface area contributed by atoms with Gasteiger partial charge in [-0.15, -0.1) is 0 Å². The van der Waals surface area contributed by atoms with Crippen LogP contribution in [0.15, 0.2) is 66.8 Å². The highest BCUT2D eigenvalue weighted by molar-refractivity contribution is 6.31. The van der Waals surface area contributed by atoms with Crippen molar-refractivity contribution in [2.45, 2.75) is 0 Å². The minimum atomic E-state index is -0.503. The van der Waals surface area contributed by atoms with Gasteiger partial charge < -0.3 is 10.1 Å². The van der Waals surface area contributed by atoms with Crippen LogP contribution >= 0.6 is 11.6 Å². The van der Waals surface area contributed by atoms with Crippen LogP contribution in [0.5, 0.6) is 5.75 Å². The van der Waals surface area contributed by atoms with E-state index in [-0.39, 0.29) is 5.57 Å². The standard InChI is InChI=1S/C19H15ClN2O2/c1-2-9-24-18-8-3-5-14(11-18)10-15(13-21)19(23)22-17-7-4-6-16(20)12-17/h2-8,10-12H,1,9H2,(H,22,23)/b15-10-. The Balaban J connectivity index is 2.18. The first-order valence-electron chi connectivity index (χ1n) is 7.15. The fourth-order valence-corrected chi connectivity index (χ4v) is 2.12. The number of nitrogens with zero attached hydrogens (tertiary/aromatic N) is 1. The first kappa shape index (κ1) is 17.3. The lowest BCUT2D eigenvalue weighted by atomic mass is 10.1. The second-order valence-corrected chi connectivity index (χ2v) is 5.24. The molecule has 24 heavy (non-hydrogen) atoms. The van der Waals surface area contributed by atoms with Gasteiger partial charge in [0.25, 0.3) is 5.91 Å². The van der Waals surface area contributed by atoms with Gasteiger partial charge in [0.05, 0.1) is 0 Å². The zero-order chi connectivity index (χ0) is 17.4. The van der Waals surface area contributed by atoms with Gasteiger partial charge in [0.2, 0.25) is 0 Å². The van der Waals surface area contributed by atoms with Crippen molar-refractivity contribution in [1.82, 2.24) is 0 Å². The first-order chi connectivity index (χ1) is 11.6. The minimum Gasteiger partial charge on any atom is -0.490 e. The van der Waals surface area contributed by atoms with Crippen LogP contribution in [-0.4, -0.2) is 12.5 Å². The lowest BCUT2D eigenvalue weighted by Gasteiger charge is -2.06. The normalized spacial score (nSPS) is 10.6. The molecule has 120 valence electrons. The smallest absolute Gasteiger partial charge is 0.266 e. The molecule has 0 unspecified atom stereocenters. The molecule has 2 aromatic carbocycles. The molecule has 2 rings (SSSR count).